The molecule has 0 aliphatic heterocycles. The van der Waals surface area contributed by atoms with E-state index in [-0.39, 0.29) is 11.8 Å². The van der Waals surface area contributed by atoms with Gasteiger partial charge >= 0.3 is 0 Å². The van der Waals surface area contributed by atoms with Gasteiger partial charge < -0.3 is 10.2 Å². The van der Waals surface area contributed by atoms with Crippen molar-refractivity contribution in [3.63, 3.8) is 0 Å². The van der Waals surface area contributed by atoms with Crippen LogP contribution in [0.25, 0.3) is 0 Å². The Morgan fingerprint density at radius 1 is 1.09 bits per heavy atom. The summed E-state index contributed by atoms with van der Waals surface area (Å²) in [5.74, 6) is 4.18. The molecule has 1 aromatic heterocycles. The van der Waals surface area contributed by atoms with Crippen LogP contribution in [0.4, 0.5) is 11.5 Å². The van der Waals surface area contributed by atoms with E-state index in [9.17, 15) is 4.79 Å². The van der Waals surface area contributed by atoms with E-state index in [1.54, 1.807) is 0 Å². The van der Waals surface area contributed by atoms with Crippen LogP contribution < -0.4 is 10.2 Å². The minimum Gasteiger partial charge on any atom is -0.376 e. The third kappa shape index (κ3) is 2.38. The van der Waals surface area contributed by atoms with Gasteiger partial charge in [-0.1, -0.05) is 0 Å². The quantitative estimate of drug-likeness (QED) is 0.932. The average molecular weight is 299 g/mol. The average Bonchev–Trinajstić information content (AvgIpc) is 2.46. The van der Waals surface area contributed by atoms with E-state index in [1.165, 1.54) is 32.1 Å². The van der Waals surface area contributed by atoms with Crippen LogP contribution >= 0.6 is 0 Å². The maximum absolute atomic E-state index is 12.8. The second kappa shape index (κ2) is 5.25. The summed E-state index contributed by atoms with van der Waals surface area (Å²) in [5, 5.41) is 3.07. The van der Waals surface area contributed by atoms with Gasteiger partial charge in [0.15, 0.2) is 0 Å². The highest BCUT2D eigenvalue weighted by Crippen LogP contribution is 2.56. The number of nitrogens with zero attached hydrogens (tertiary/aromatic N) is 2. The fraction of sp³-hybridized carbons (Fsp3) is 0.667. The first-order valence-corrected chi connectivity index (χ1v) is 8.54. The Morgan fingerprint density at radius 2 is 1.73 bits per heavy atom. The summed E-state index contributed by atoms with van der Waals surface area (Å²) >= 11 is 0. The van der Waals surface area contributed by atoms with Gasteiger partial charge in [-0.05, 0) is 67.9 Å². The Hall–Kier alpha value is -1.58. The van der Waals surface area contributed by atoms with Gasteiger partial charge in [-0.2, -0.15) is 0 Å². The van der Waals surface area contributed by atoms with Crippen LogP contribution in [0.3, 0.4) is 0 Å². The number of carbonyl (C=O) groups is 1. The molecule has 4 fully saturated rings. The molecule has 118 valence electrons. The van der Waals surface area contributed by atoms with Crippen molar-refractivity contribution in [3.8, 4) is 0 Å². The molecule has 1 aromatic rings. The molecule has 0 radical (unpaired) electrons. The first-order valence-electron chi connectivity index (χ1n) is 8.54. The van der Waals surface area contributed by atoms with Gasteiger partial charge in [-0.3, -0.25) is 4.79 Å². The van der Waals surface area contributed by atoms with Crippen LogP contribution in [0.15, 0.2) is 18.3 Å². The summed E-state index contributed by atoms with van der Waals surface area (Å²) in [5.41, 5.74) is 1.05. The first-order chi connectivity index (χ1) is 10.6. The molecule has 22 heavy (non-hydrogen) atoms. The van der Waals surface area contributed by atoms with Crippen LogP contribution in [0.1, 0.15) is 32.1 Å². The van der Waals surface area contributed by atoms with E-state index in [1.807, 2.05) is 37.3 Å². The Kier molecular flexibility index (Phi) is 3.35. The number of amides is 1. The molecule has 4 saturated carbocycles. The molecule has 1 heterocycles. The number of nitrogens with one attached hydrogen (secondary N) is 1. The van der Waals surface area contributed by atoms with Crippen molar-refractivity contribution < 1.29 is 4.79 Å². The van der Waals surface area contributed by atoms with Crippen LogP contribution in [-0.4, -0.2) is 25.0 Å². The Bertz CT molecular complexity index is 538. The fourth-order valence-corrected chi connectivity index (χ4v) is 5.29. The Morgan fingerprint density at radius 3 is 2.23 bits per heavy atom. The Balaban J connectivity index is 1.46. The predicted octanol–water partition coefficient (Wildman–Crippen LogP) is 3.16. The zero-order valence-electron chi connectivity index (χ0n) is 13.5. The van der Waals surface area contributed by atoms with Gasteiger partial charge in [-0.25, -0.2) is 4.98 Å². The molecule has 5 rings (SSSR count). The van der Waals surface area contributed by atoms with Crippen LogP contribution in [0, 0.1) is 29.6 Å². The van der Waals surface area contributed by atoms with E-state index in [4.69, 9.17) is 0 Å². The molecule has 0 saturated heterocycles. The fourth-order valence-electron chi connectivity index (χ4n) is 5.29. The van der Waals surface area contributed by atoms with Gasteiger partial charge in [0.2, 0.25) is 5.91 Å². The lowest BCUT2D eigenvalue weighted by atomic mass is 9.51. The molecule has 4 nitrogen and oxygen atoms in total. The normalized spacial score (nSPS) is 35.5. The second-order valence-electron chi connectivity index (χ2n) is 7.74. The lowest BCUT2D eigenvalue weighted by Crippen LogP contribution is -2.49. The van der Waals surface area contributed by atoms with Gasteiger partial charge in [0, 0.05) is 20.0 Å². The smallest absolute Gasteiger partial charge is 0.229 e. The topological polar surface area (TPSA) is 45.2 Å². The summed E-state index contributed by atoms with van der Waals surface area (Å²) in [6, 6.07) is 3.91. The number of hydrogen-bond donors (Lipinski definition) is 1. The van der Waals surface area contributed by atoms with Gasteiger partial charge in [0.1, 0.15) is 5.82 Å². The van der Waals surface area contributed by atoms with E-state index < -0.39 is 0 Å². The molecule has 0 aromatic carbocycles. The van der Waals surface area contributed by atoms with Gasteiger partial charge in [0.05, 0.1) is 11.9 Å². The predicted molar refractivity (Wildman–Crippen MR) is 87.7 cm³/mol. The van der Waals surface area contributed by atoms with E-state index in [0.29, 0.717) is 17.7 Å². The zero-order valence-corrected chi connectivity index (χ0v) is 13.5. The minimum atomic E-state index is 0.207. The number of carbonyl (C=O) groups excluding carboxylic acids is 1. The van der Waals surface area contributed by atoms with Crippen molar-refractivity contribution in [2.75, 3.05) is 24.3 Å². The summed E-state index contributed by atoms with van der Waals surface area (Å²) in [6.45, 7) is 0. The maximum atomic E-state index is 12.8. The Labute approximate surface area is 132 Å². The number of pyridine rings is 1. The molecule has 4 heteroatoms. The zero-order chi connectivity index (χ0) is 15.3. The first kappa shape index (κ1) is 14.0. The highest BCUT2D eigenvalue weighted by atomic mass is 16.2. The molecule has 0 unspecified atom stereocenters. The summed E-state index contributed by atoms with van der Waals surface area (Å²) in [4.78, 5) is 19.1. The summed E-state index contributed by atoms with van der Waals surface area (Å²) in [6.07, 6.45) is 8.34. The van der Waals surface area contributed by atoms with Crippen molar-refractivity contribution >= 4 is 17.4 Å². The summed E-state index contributed by atoms with van der Waals surface area (Å²) in [7, 11) is 3.98. The van der Waals surface area contributed by atoms with E-state index >= 15 is 0 Å². The lowest BCUT2D eigenvalue weighted by molar-refractivity contribution is -0.132. The molecule has 4 aliphatic carbocycles. The van der Waals surface area contributed by atoms with Gasteiger partial charge in [0.25, 0.3) is 0 Å². The van der Waals surface area contributed by atoms with Crippen molar-refractivity contribution in [1.29, 1.82) is 0 Å². The number of rotatable bonds is 3. The van der Waals surface area contributed by atoms with Gasteiger partial charge in [-0.15, -0.1) is 0 Å². The molecular weight excluding hydrogens is 274 g/mol. The molecule has 1 amide bonds. The molecule has 0 atom stereocenters. The van der Waals surface area contributed by atoms with Crippen molar-refractivity contribution in [3.05, 3.63) is 18.3 Å². The van der Waals surface area contributed by atoms with Crippen LogP contribution in [-0.2, 0) is 4.79 Å². The molecular formula is C18H25N3O. The second-order valence-corrected chi connectivity index (χ2v) is 7.74. The third-order valence-electron chi connectivity index (χ3n) is 6.05. The van der Waals surface area contributed by atoms with Crippen LogP contribution in [0.5, 0.6) is 0 Å². The largest absolute Gasteiger partial charge is 0.376 e. The van der Waals surface area contributed by atoms with E-state index in [0.717, 1.165) is 17.5 Å². The summed E-state index contributed by atoms with van der Waals surface area (Å²) < 4.78 is 0. The van der Waals surface area contributed by atoms with Crippen molar-refractivity contribution in [1.82, 2.24) is 4.98 Å². The maximum Gasteiger partial charge on any atom is 0.229 e. The number of aromatic nitrogens is 1. The van der Waals surface area contributed by atoms with Crippen molar-refractivity contribution in [2.45, 2.75) is 32.1 Å². The number of anilines is 2. The monoisotopic (exact) mass is 299 g/mol. The third-order valence-corrected chi connectivity index (χ3v) is 6.05. The minimum absolute atomic E-state index is 0.207. The highest BCUT2D eigenvalue weighted by Gasteiger charge is 2.50. The highest BCUT2D eigenvalue weighted by molar-refractivity contribution is 5.92. The molecule has 4 bridgehead atoms. The SMILES string of the molecule is CN(C)c1ccc(NC(=O)C2C3CC4CC(C3)CC2C4)nc1. The van der Waals surface area contributed by atoms with Crippen molar-refractivity contribution in [2.24, 2.45) is 29.6 Å². The van der Waals surface area contributed by atoms with Crippen LogP contribution in [0.2, 0.25) is 0 Å². The van der Waals surface area contributed by atoms with E-state index in [2.05, 4.69) is 10.3 Å². The molecule has 1 N–H and O–H groups in total. The molecule has 4 aliphatic rings. The number of hydrogen-bond acceptors (Lipinski definition) is 3. The molecule has 0 spiro atoms. The lowest BCUT2D eigenvalue weighted by Gasteiger charge is -2.53. The standard InChI is InChI=1S/C18H25N3O/c1-21(2)15-3-4-16(19-10-15)20-18(22)17-13-6-11-5-12(8-13)9-14(17)7-11/h3-4,10-14,17H,5-9H2,1-2H3,(H,19,20,22).